The van der Waals surface area contributed by atoms with Gasteiger partial charge in [0.25, 0.3) is 0 Å². The Morgan fingerprint density at radius 3 is 2.46 bits per heavy atom. The van der Waals surface area contributed by atoms with E-state index in [0.717, 1.165) is 37.9 Å². The van der Waals surface area contributed by atoms with Gasteiger partial charge in [0.1, 0.15) is 10.8 Å². The predicted molar refractivity (Wildman–Crippen MR) is 119 cm³/mol. The number of ether oxygens (including phenoxy) is 1. The second kappa shape index (κ2) is 8.63. The molecule has 0 aliphatic carbocycles. The van der Waals surface area contributed by atoms with Crippen molar-refractivity contribution in [2.24, 2.45) is 4.99 Å². The summed E-state index contributed by atoms with van der Waals surface area (Å²) in [4.78, 5) is 9.16. The Labute approximate surface area is 168 Å². The van der Waals surface area contributed by atoms with Gasteiger partial charge in [-0.25, -0.2) is 4.99 Å². The zero-order valence-electron chi connectivity index (χ0n) is 15.5. The van der Waals surface area contributed by atoms with Gasteiger partial charge >= 0.3 is 0 Å². The van der Waals surface area contributed by atoms with E-state index in [1.165, 1.54) is 0 Å². The third-order valence-corrected chi connectivity index (χ3v) is 5.29. The molecule has 0 fully saturated rings. The van der Waals surface area contributed by atoms with Gasteiger partial charge in [0.05, 0.1) is 11.9 Å². The van der Waals surface area contributed by atoms with E-state index in [1.807, 2.05) is 85.9 Å². The molecule has 0 aliphatic rings. The van der Waals surface area contributed by atoms with Crippen LogP contribution in [0.15, 0.2) is 113 Å². The zero-order chi connectivity index (χ0) is 19.2. The number of nitrogens with one attached hydrogen (secondary N) is 1. The van der Waals surface area contributed by atoms with Crippen LogP contribution in [-0.4, -0.2) is 10.0 Å². The maximum Gasteiger partial charge on any atom is 0.127 e. The minimum absolute atomic E-state index is 0.801. The lowest BCUT2D eigenvalue weighted by atomic mass is 10.2. The molecule has 3 nitrogen and oxygen atoms in total. The van der Waals surface area contributed by atoms with Crippen molar-refractivity contribution >= 4 is 33.4 Å². The van der Waals surface area contributed by atoms with Crippen molar-refractivity contribution in [3.63, 3.8) is 0 Å². The summed E-state index contributed by atoms with van der Waals surface area (Å²) in [6.45, 7) is 2.02. The average molecular weight is 385 g/mol. The fraction of sp³-hybridized carbons (Fsp3) is 0.0417. The molecule has 0 saturated heterocycles. The number of thioether (sulfide) groups is 1. The number of hydrogen-bond acceptors (Lipinski definition) is 3. The zero-order valence-corrected chi connectivity index (χ0v) is 16.3. The van der Waals surface area contributed by atoms with Gasteiger partial charge in [-0.1, -0.05) is 48.2 Å². The SMILES string of the molecule is CC(=C\Oc1ccc2[nH]ccc2c1)/C(=N/c1ccccc1)Sc1ccccc1. The monoisotopic (exact) mass is 384 g/mol. The van der Waals surface area contributed by atoms with Gasteiger partial charge in [-0.05, 0) is 55.5 Å². The van der Waals surface area contributed by atoms with E-state index >= 15 is 0 Å². The van der Waals surface area contributed by atoms with Crippen LogP contribution in [0.5, 0.6) is 5.75 Å². The first-order valence-electron chi connectivity index (χ1n) is 9.05. The van der Waals surface area contributed by atoms with Gasteiger partial charge < -0.3 is 9.72 Å². The molecule has 1 N–H and O–H groups in total. The molecule has 0 bridgehead atoms. The van der Waals surface area contributed by atoms with Crippen molar-refractivity contribution in [1.82, 2.24) is 4.98 Å². The highest BCUT2D eigenvalue weighted by molar-refractivity contribution is 8.14. The van der Waals surface area contributed by atoms with Crippen molar-refractivity contribution in [2.45, 2.75) is 11.8 Å². The number of H-pyrrole nitrogens is 1. The maximum absolute atomic E-state index is 5.93. The van der Waals surface area contributed by atoms with Gasteiger partial charge in [-0.3, -0.25) is 0 Å². The average Bonchev–Trinajstić information content (AvgIpc) is 3.21. The highest BCUT2D eigenvalue weighted by Crippen LogP contribution is 2.27. The number of fused-ring (bicyclic) bond motifs is 1. The van der Waals surface area contributed by atoms with Crippen LogP contribution in [0.25, 0.3) is 10.9 Å². The largest absolute Gasteiger partial charge is 0.465 e. The van der Waals surface area contributed by atoms with Crippen LogP contribution in [-0.2, 0) is 0 Å². The summed E-state index contributed by atoms with van der Waals surface area (Å²) in [5.74, 6) is 0.801. The molecule has 0 amide bonds. The van der Waals surface area contributed by atoms with E-state index in [4.69, 9.17) is 9.73 Å². The minimum Gasteiger partial charge on any atom is -0.465 e. The van der Waals surface area contributed by atoms with Gasteiger partial charge in [-0.15, -0.1) is 0 Å². The summed E-state index contributed by atoms with van der Waals surface area (Å²) in [5.41, 5.74) is 2.98. The molecule has 1 aromatic heterocycles. The quantitative estimate of drug-likeness (QED) is 0.174. The molecular formula is C24H20N2OS. The lowest BCUT2D eigenvalue weighted by Gasteiger charge is -2.08. The molecule has 1 heterocycles. The van der Waals surface area contributed by atoms with Crippen LogP contribution in [0, 0.1) is 0 Å². The van der Waals surface area contributed by atoms with Crippen LogP contribution in [0.2, 0.25) is 0 Å². The number of aromatic amines is 1. The van der Waals surface area contributed by atoms with Crippen LogP contribution >= 0.6 is 11.8 Å². The van der Waals surface area contributed by atoms with Gasteiger partial charge in [0.15, 0.2) is 0 Å². The lowest BCUT2D eigenvalue weighted by Crippen LogP contribution is -1.97. The van der Waals surface area contributed by atoms with E-state index in [1.54, 1.807) is 18.0 Å². The predicted octanol–water partition coefficient (Wildman–Crippen LogP) is 6.97. The second-order valence-electron chi connectivity index (χ2n) is 6.31. The van der Waals surface area contributed by atoms with E-state index in [0.29, 0.717) is 0 Å². The first-order chi connectivity index (χ1) is 13.8. The van der Waals surface area contributed by atoms with E-state index in [9.17, 15) is 0 Å². The molecule has 4 aromatic rings. The molecule has 138 valence electrons. The van der Waals surface area contributed by atoms with E-state index in [2.05, 4.69) is 17.1 Å². The Bertz CT molecular complexity index is 1120. The van der Waals surface area contributed by atoms with E-state index < -0.39 is 0 Å². The van der Waals surface area contributed by atoms with Crippen LogP contribution < -0.4 is 4.74 Å². The molecule has 28 heavy (non-hydrogen) atoms. The molecule has 0 atom stereocenters. The highest BCUT2D eigenvalue weighted by atomic mass is 32.2. The summed E-state index contributed by atoms with van der Waals surface area (Å²) >= 11 is 1.63. The molecule has 0 saturated carbocycles. The highest BCUT2D eigenvalue weighted by Gasteiger charge is 2.07. The minimum atomic E-state index is 0.801. The summed E-state index contributed by atoms with van der Waals surface area (Å²) in [6, 6.07) is 28.3. The standard InChI is InChI=1S/C24H20N2OS/c1-18(17-27-21-12-13-23-19(16-21)14-15-25-23)24(26-20-8-4-2-5-9-20)28-22-10-6-3-7-11-22/h2-17,25H,1H3/b18-17+,26-24-. The number of rotatable bonds is 5. The summed E-state index contributed by atoms with van der Waals surface area (Å²) in [6.07, 6.45) is 3.70. The van der Waals surface area contributed by atoms with Gasteiger partial charge in [0, 0.05) is 27.6 Å². The van der Waals surface area contributed by atoms with Crippen molar-refractivity contribution in [3.05, 3.63) is 103 Å². The smallest absolute Gasteiger partial charge is 0.127 e. The topological polar surface area (TPSA) is 37.4 Å². The first-order valence-corrected chi connectivity index (χ1v) is 9.87. The maximum atomic E-state index is 5.93. The van der Waals surface area contributed by atoms with Crippen LogP contribution in [0.1, 0.15) is 6.92 Å². The molecule has 0 aliphatic heterocycles. The Hall–Kier alpha value is -3.24. The van der Waals surface area contributed by atoms with Crippen molar-refractivity contribution in [1.29, 1.82) is 0 Å². The Kier molecular flexibility index (Phi) is 5.59. The van der Waals surface area contributed by atoms with Crippen LogP contribution in [0.4, 0.5) is 5.69 Å². The number of hydrogen-bond donors (Lipinski definition) is 1. The second-order valence-corrected chi connectivity index (χ2v) is 7.38. The first kappa shape index (κ1) is 18.1. The third-order valence-electron chi connectivity index (χ3n) is 4.18. The Morgan fingerprint density at radius 1 is 0.929 bits per heavy atom. The van der Waals surface area contributed by atoms with Crippen molar-refractivity contribution in [2.75, 3.05) is 0 Å². The molecule has 0 spiro atoms. The fourth-order valence-electron chi connectivity index (χ4n) is 2.72. The summed E-state index contributed by atoms with van der Waals surface area (Å²) < 4.78 is 5.93. The van der Waals surface area contributed by atoms with Crippen molar-refractivity contribution in [3.8, 4) is 5.75 Å². The molecule has 0 unspecified atom stereocenters. The fourth-order valence-corrected chi connectivity index (χ4v) is 3.60. The molecular weight excluding hydrogens is 364 g/mol. The number of para-hydroxylation sites is 1. The lowest BCUT2D eigenvalue weighted by molar-refractivity contribution is 0.479. The summed E-state index contributed by atoms with van der Waals surface area (Å²) in [7, 11) is 0. The number of aliphatic imine (C=N–C) groups is 1. The number of benzene rings is 3. The molecule has 0 radical (unpaired) electrons. The number of aromatic nitrogens is 1. The van der Waals surface area contributed by atoms with Crippen molar-refractivity contribution < 1.29 is 4.74 Å². The number of nitrogens with zero attached hydrogens (tertiary/aromatic N) is 1. The Morgan fingerprint density at radius 2 is 1.68 bits per heavy atom. The molecule has 4 heteroatoms. The normalized spacial score (nSPS) is 12.3. The molecule has 4 rings (SSSR count). The molecule has 3 aromatic carbocycles. The van der Waals surface area contributed by atoms with E-state index in [-0.39, 0.29) is 0 Å². The third kappa shape index (κ3) is 4.53. The summed E-state index contributed by atoms with van der Waals surface area (Å²) in [5, 5.41) is 2.03. The van der Waals surface area contributed by atoms with Crippen LogP contribution in [0.3, 0.4) is 0 Å². The Balaban J connectivity index is 1.60. The van der Waals surface area contributed by atoms with Gasteiger partial charge in [-0.2, -0.15) is 0 Å². The van der Waals surface area contributed by atoms with Gasteiger partial charge in [0.2, 0.25) is 0 Å².